The minimum Gasteiger partial charge on any atom is -0.480 e. The number of nitrogens with one attached hydrogen (secondary N) is 1. The van der Waals surface area contributed by atoms with Crippen LogP contribution in [-0.2, 0) is 14.3 Å². The average molecular weight is 247 g/mol. The number of hydrogen-bond acceptors (Lipinski definition) is 3. The second-order valence-corrected chi connectivity index (χ2v) is 2.72. The van der Waals surface area contributed by atoms with Gasteiger partial charge in [-0.2, -0.15) is 8.78 Å². The lowest BCUT2D eigenvalue weighted by Crippen LogP contribution is -2.42. The van der Waals surface area contributed by atoms with E-state index in [2.05, 4.69) is 4.74 Å². The normalized spacial score (nSPS) is 11.6. The van der Waals surface area contributed by atoms with Crippen LogP contribution in [0, 0.1) is 0 Å². The molecule has 16 heavy (non-hydrogen) atoms. The van der Waals surface area contributed by atoms with Gasteiger partial charge in [-0.05, 0) is 0 Å². The summed E-state index contributed by atoms with van der Waals surface area (Å²) in [5.74, 6) is -6.75. The lowest BCUT2D eigenvalue weighted by Gasteiger charge is -2.15. The molecule has 9 heteroatoms. The number of ether oxygens (including phenoxy) is 1. The minimum absolute atomic E-state index is 0.779. The topological polar surface area (TPSA) is 75.6 Å². The van der Waals surface area contributed by atoms with Crippen molar-refractivity contribution in [2.75, 3.05) is 19.8 Å². The zero-order chi connectivity index (χ0) is 12.8. The van der Waals surface area contributed by atoms with Crippen LogP contribution in [0.15, 0.2) is 0 Å². The van der Waals surface area contributed by atoms with E-state index in [9.17, 15) is 27.2 Å². The molecule has 0 rings (SSSR count). The molecule has 5 nitrogen and oxygen atoms in total. The van der Waals surface area contributed by atoms with Gasteiger partial charge >= 0.3 is 18.3 Å². The largest absolute Gasteiger partial charge is 0.480 e. The van der Waals surface area contributed by atoms with E-state index in [4.69, 9.17) is 5.11 Å². The zero-order valence-corrected chi connectivity index (χ0v) is 7.88. The van der Waals surface area contributed by atoms with E-state index in [1.54, 1.807) is 0 Å². The Morgan fingerprint density at radius 1 is 1.31 bits per heavy atom. The smallest absolute Gasteiger partial charge is 0.329 e. The highest BCUT2D eigenvalue weighted by Gasteiger charge is 2.40. The average Bonchev–Trinajstić information content (AvgIpc) is 2.14. The fourth-order valence-electron chi connectivity index (χ4n) is 0.576. The molecule has 0 saturated heterocycles. The molecule has 0 unspecified atom stereocenters. The Bertz CT molecular complexity index is 259. The number of amides is 1. The summed E-state index contributed by atoms with van der Waals surface area (Å²) in [5.41, 5.74) is 0. The Morgan fingerprint density at radius 2 is 1.88 bits per heavy atom. The van der Waals surface area contributed by atoms with Crippen molar-refractivity contribution in [3.05, 3.63) is 0 Å². The van der Waals surface area contributed by atoms with E-state index in [-0.39, 0.29) is 0 Å². The summed E-state index contributed by atoms with van der Waals surface area (Å²) in [7, 11) is 0. The molecule has 0 aliphatic carbocycles. The van der Waals surface area contributed by atoms with Crippen LogP contribution in [0.5, 0.6) is 0 Å². The van der Waals surface area contributed by atoms with Gasteiger partial charge in [-0.3, -0.25) is 4.79 Å². The van der Waals surface area contributed by atoms with Crippen LogP contribution in [0.4, 0.5) is 17.6 Å². The van der Waals surface area contributed by atoms with Gasteiger partial charge < -0.3 is 15.2 Å². The minimum atomic E-state index is -4.32. The van der Waals surface area contributed by atoms with Gasteiger partial charge in [0.15, 0.2) is 0 Å². The van der Waals surface area contributed by atoms with Gasteiger partial charge in [0.05, 0.1) is 6.54 Å². The molecule has 0 aromatic carbocycles. The molecular formula is C7H9F4NO4. The van der Waals surface area contributed by atoms with E-state index in [0.29, 0.717) is 0 Å². The monoisotopic (exact) mass is 247 g/mol. The van der Waals surface area contributed by atoms with Crippen LogP contribution in [-0.4, -0.2) is 49.1 Å². The number of rotatable bonds is 7. The van der Waals surface area contributed by atoms with E-state index in [1.807, 2.05) is 0 Å². The summed E-state index contributed by atoms with van der Waals surface area (Å²) >= 11 is 0. The van der Waals surface area contributed by atoms with Gasteiger partial charge in [0.1, 0.15) is 13.2 Å². The summed E-state index contributed by atoms with van der Waals surface area (Å²) in [4.78, 5) is 20.6. The second-order valence-electron chi connectivity index (χ2n) is 2.72. The molecule has 2 N–H and O–H groups in total. The third kappa shape index (κ3) is 6.17. The highest BCUT2D eigenvalue weighted by Crippen LogP contribution is 2.21. The lowest BCUT2D eigenvalue weighted by atomic mass is 10.3. The number of carbonyl (C=O) groups excluding carboxylic acids is 1. The molecule has 0 radical (unpaired) electrons. The summed E-state index contributed by atoms with van der Waals surface area (Å²) in [6.45, 7) is -3.09. The van der Waals surface area contributed by atoms with E-state index in [0.717, 1.165) is 0 Å². The Kier molecular flexibility index (Phi) is 5.72. The molecule has 0 fully saturated rings. The first-order chi connectivity index (χ1) is 7.25. The fourth-order valence-corrected chi connectivity index (χ4v) is 0.576. The number of halogens is 4. The van der Waals surface area contributed by atoms with Gasteiger partial charge in [0.25, 0.3) is 0 Å². The molecule has 0 saturated carbocycles. The van der Waals surface area contributed by atoms with Crippen molar-refractivity contribution in [3.63, 3.8) is 0 Å². The number of hydrogen-bond donors (Lipinski definition) is 2. The summed E-state index contributed by atoms with van der Waals surface area (Å²) in [6, 6.07) is 0. The van der Waals surface area contributed by atoms with Crippen LogP contribution in [0.3, 0.4) is 0 Å². The Hall–Kier alpha value is -1.38. The van der Waals surface area contributed by atoms with Gasteiger partial charge in [-0.25, -0.2) is 13.6 Å². The van der Waals surface area contributed by atoms with Gasteiger partial charge in [-0.15, -0.1) is 0 Å². The maximum Gasteiger partial charge on any atom is 0.329 e. The van der Waals surface area contributed by atoms with Crippen LogP contribution in [0.1, 0.15) is 0 Å². The third-order valence-corrected chi connectivity index (χ3v) is 1.30. The van der Waals surface area contributed by atoms with Crippen molar-refractivity contribution >= 4 is 11.9 Å². The van der Waals surface area contributed by atoms with Crippen LogP contribution in [0.25, 0.3) is 0 Å². The van der Waals surface area contributed by atoms with Crippen molar-refractivity contribution in [2.45, 2.75) is 12.3 Å². The summed E-state index contributed by atoms with van der Waals surface area (Å²) < 4.78 is 52.0. The molecular weight excluding hydrogens is 238 g/mol. The molecule has 0 aromatic rings. The number of aliphatic carboxylic acids is 1. The molecule has 0 aliphatic rings. The van der Waals surface area contributed by atoms with Crippen molar-refractivity contribution in [2.24, 2.45) is 0 Å². The number of carboxylic acids is 1. The number of alkyl halides is 4. The molecule has 0 spiro atoms. The molecule has 0 atom stereocenters. The van der Waals surface area contributed by atoms with E-state index < -0.39 is 44.0 Å². The van der Waals surface area contributed by atoms with Crippen molar-refractivity contribution in [3.8, 4) is 0 Å². The van der Waals surface area contributed by atoms with Crippen LogP contribution in [0.2, 0.25) is 0 Å². The van der Waals surface area contributed by atoms with Crippen molar-refractivity contribution < 1.29 is 37.0 Å². The van der Waals surface area contributed by atoms with Gasteiger partial charge in [-0.1, -0.05) is 0 Å². The molecule has 0 heterocycles. The first-order valence-electron chi connectivity index (χ1n) is 3.98. The molecule has 0 bridgehead atoms. The zero-order valence-electron chi connectivity index (χ0n) is 7.88. The number of carboxylic acid groups (broad SMARTS) is 1. The van der Waals surface area contributed by atoms with E-state index >= 15 is 0 Å². The van der Waals surface area contributed by atoms with Crippen molar-refractivity contribution in [1.29, 1.82) is 0 Å². The Balaban J connectivity index is 3.77. The fraction of sp³-hybridized carbons (Fsp3) is 0.714. The summed E-state index contributed by atoms with van der Waals surface area (Å²) in [5, 5.41) is 9.57. The quantitative estimate of drug-likeness (QED) is 0.626. The van der Waals surface area contributed by atoms with Gasteiger partial charge in [0.2, 0.25) is 5.91 Å². The summed E-state index contributed by atoms with van der Waals surface area (Å²) in [6.07, 6.45) is -3.88. The third-order valence-electron chi connectivity index (χ3n) is 1.30. The molecule has 0 aliphatic heterocycles. The lowest BCUT2D eigenvalue weighted by molar-refractivity contribution is -0.145. The molecule has 0 aromatic heterocycles. The maximum atomic E-state index is 12.3. The predicted octanol–water partition coefficient (Wildman–Crippen LogP) is 0.104. The Morgan fingerprint density at radius 3 is 2.31 bits per heavy atom. The first kappa shape index (κ1) is 14.6. The highest BCUT2D eigenvalue weighted by atomic mass is 19.3. The Labute approximate surface area is 87.4 Å². The first-order valence-corrected chi connectivity index (χ1v) is 3.98. The predicted molar refractivity (Wildman–Crippen MR) is 42.4 cm³/mol. The van der Waals surface area contributed by atoms with Crippen LogP contribution >= 0.6 is 0 Å². The van der Waals surface area contributed by atoms with Crippen LogP contribution < -0.4 is 5.32 Å². The van der Waals surface area contributed by atoms with Crippen molar-refractivity contribution in [1.82, 2.24) is 5.32 Å². The SMILES string of the molecule is O=C(O)COCC(=O)NCC(F)(F)C(F)F. The molecule has 1 amide bonds. The van der Waals surface area contributed by atoms with E-state index in [1.165, 1.54) is 5.32 Å². The second kappa shape index (κ2) is 6.26. The maximum absolute atomic E-state index is 12.3. The molecule has 94 valence electrons. The number of carbonyl (C=O) groups is 2. The van der Waals surface area contributed by atoms with Gasteiger partial charge in [0, 0.05) is 0 Å². The highest BCUT2D eigenvalue weighted by molar-refractivity contribution is 5.77. The standard InChI is InChI=1S/C7H9F4NO4/c8-6(9)7(10,11)3-12-4(13)1-16-2-5(14)15/h6H,1-3H2,(H,12,13)(H,14,15).